The highest BCUT2D eigenvalue weighted by molar-refractivity contribution is 5.62. The Bertz CT molecular complexity index is 728. The topological polar surface area (TPSA) is 68.3 Å². The molecule has 1 aromatic carbocycles. The lowest BCUT2D eigenvalue weighted by Gasteiger charge is -2.17. The number of hydrogen-bond donors (Lipinski definition) is 2. The summed E-state index contributed by atoms with van der Waals surface area (Å²) in [5, 5.41) is 6.86. The molecular weight excluding hydrogens is 328 g/mol. The van der Waals surface area contributed by atoms with Gasteiger partial charge in [0.15, 0.2) is 11.5 Å². The van der Waals surface area contributed by atoms with Crippen LogP contribution in [0.4, 0.5) is 17.5 Å². The standard InChI is InChI=1S/C20H28N4O2/c1-14-12-19(22-16-10-11-17(25-2)18(13-16)26-3)24-20(21-14)23-15-8-6-4-5-7-9-15/h10-13,15H,4-9H2,1-3H3,(H2,21,22,23,24). The molecule has 6 heteroatoms. The van der Waals surface area contributed by atoms with E-state index in [0.717, 1.165) is 17.2 Å². The Kier molecular flexibility index (Phi) is 6.15. The summed E-state index contributed by atoms with van der Waals surface area (Å²) in [6.07, 6.45) is 7.60. The van der Waals surface area contributed by atoms with Crippen molar-refractivity contribution in [1.82, 2.24) is 9.97 Å². The van der Waals surface area contributed by atoms with Crippen LogP contribution in [-0.4, -0.2) is 30.2 Å². The Morgan fingerprint density at radius 2 is 1.65 bits per heavy atom. The maximum absolute atomic E-state index is 5.36. The molecule has 0 amide bonds. The minimum absolute atomic E-state index is 0.466. The van der Waals surface area contributed by atoms with Crippen LogP contribution in [0.2, 0.25) is 0 Å². The molecule has 1 aliphatic carbocycles. The molecule has 2 N–H and O–H groups in total. The van der Waals surface area contributed by atoms with Gasteiger partial charge in [0.1, 0.15) is 5.82 Å². The zero-order valence-corrected chi connectivity index (χ0v) is 15.8. The maximum atomic E-state index is 5.36. The second kappa shape index (κ2) is 8.74. The van der Waals surface area contributed by atoms with Crippen molar-refractivity contribution in [2.24, 2.45) is 0 Å². The molecular formula is C20H28N4O2. The van der Waals surface area contributed by atoms with Gasteiger partial charge in [-0.25, -0.2) is 4.98 Å². The van der Waals surface area contributed by atoms with E-state index >= 15 is 0 Å². The molecule has 1 saturated carbocycles. The summed E-state index contributed by atoms with van der Waals surface area (Å²) in [5.41, 5.74) is 1.82. The van der Waals surface area contributed by atoms with Crippen molar-refractivity contribution in [3.05, 3.63) is 30.0 Å². The second-order valence-electron chi connectivity index (χ2n) is 6.75. The van der Waals surface area contributed by atoms with Gasteiger partial charge in [0.2, 0.25) is 5.95 Å². The number of aryl methyl sites for hydroxylation is 1. The normalized spacial score (nSPS) is 15.2. The van der Waals surface area contributed by atoms with E-state index in [4.69, 9.17) is 9.47 Å². The third kappa shape index (κ3) is 4.77. The van der Waals surface area contributed by atoms with Crippen molar-refractivity contribution in [1.29, 1.82) is 0 Å². The van der Waals surface area contributed by atoms with Crippen LogP contribution in [0, 0.1) is 6.92 Å². The van der Waals surface area contributed by atoms with Gasteiger partial charge in [-0.05, 0) is 31.9 Å². The predicted octanol–water partition coefficient (Wildman–Crippen LogP) is 4.68. The zero-order chi connectivity index (χ0) is 18.4. The number of methoxy groups -OCH3 is 2. The monoisotopic (exact) mass is 356 g/mol. The lowest BCUT2D eigenvalue weighted by molar-refractivity contribution is 0.355. The van der Waals surface area contributed by atoms with Crippen LogP contribution < -0.4 is 20.1 Å². The summed E-state index contributed by atoms with van der Waals surface area (Å²) >= 11 is 0. The highest BCUT2D eigenvalue weighted by Gasteiger charge is 2.14. The zero-order valence-electron chi connectivity index (χ0n) is 15.8. The molecule has 1 heterocycles. The Morgan fingerprint density at radius 1 is 0.923 bits per heavy atom. The molecule has 0 spiro atoms. The number of anilines is 3. The fourth-order valence-electron chi connectivity index (χ4n) is 3.37. The average Bonchev–Trinajstić information content (AvgIpc) is 2.89. The maximum Gasteiger partial charge on any atom is 0.225 e. The van der Waals surface area contributed by atoms with Crippen molar-refractivity contribution in [3.63, 3.8) is 0 Å². The van der Waals surface area contributed by atoms with E-state index in [9.17, 15) is 0 Å². The van der Waals surface area contributed by atoms with Crippen LogP contribution in [0.5, 0.6) is 11.5 Å². The molecule has 0 atom stereocenters. The fraction of sp³-hybridized carbons (Fsp3) is 0.500. The molecule has 0 aliphatic heterocycles. The number of nitrogens with zero attached hydrogens (tertiary/aromatic N) is 2. The van der Waals surface area contributed by atoms with Gasteiger partial charge >= 0.3 is 0 Å². The molecule has 1 aliphatic rings. The summed E-state index contributed by atoms with van der Waals surface area (Å²) in [4.78, 5) is 9.20. The summed E-state index contributed by atoms with van der Waals surface area (Å²) in [5.74, 6) is 2.84. The van der Waals surface area contributed by atoms with Crippen LogP contribution >= 0.6 is 0 Å². The number of ether oxygens (including phenoxy) is 2. The summed E-state index contributed by atoms with van der Waals surface area (Å²) in [6.45, 7) is 1.99. The third-order valence-electron chi connectivity index (χ3n) is 4.70. The summed E-state index contributed by atoms with van der Waals surface area (Å²) in [6, 6.07) is 8.12. The van der Waals surface area contributed by atoms with E-state index in [2.05, 4.69) is 20.6 Å². The van der Waals surface area contributed by atoms with Crippen molar-refractivity contribution < 1.29 is 9.47 Å². The predicted molar refractivity (Wildman–Crippen MR) is 105 cm³/mol. The van der Waals surface area contributed by atoms with Gasteiger partial charge in [-0.1, -0.05) is 25.7 Å². The lowest BCUT2D eigenvalue weighted by atomic mass is 10.1. The minimum Gasteiger partial charge on any atom is -0.493 e. The lowest BCUT2D eigenvalue weighted by Crippen LogP contribution is -2.20. The fourth-order valence-corrected chi connectivity index (χ4v) is 3.37. The first-order valence-electron chi connectivity index (χ1n) is 9.29. The molecule has 0 bridgehead atoms. The van der Waals surface area contributed by atoms with Crippen LogP contribution in [0.1, 0.15) is 44.2 Å². The van der Waals surface area contributed by atoms with Crippen molar-refractivity contribution in [2.75, 3.05) is 24.9 Å². The Hall–Kier alpha value is -2.50. The molecule has 0 unspecified atom stereocenters. The van der Waals surface area contributed by atoms with Gasteiger partial charge < -0.3 is 20.1 Å². The summed E-state index contributed by atoms with van der Waals surface area (Å²) < 4.78 is 10.7. The molecule has 2 aromatic rings. The number of hydrogen-bond acceptors (Lipinski definition) is 6. The Labute approximate surface area is 155 Å². The van der Waals surface area contributed by atoms with Gasteiger partial charge in [0, 0.05) is 29.6 Å². The van der Waals surface area contributed by atoms with Crippen molar-refractivity contribution >= 4 is 17.5 Å². The first-order chi connectivity index (χ1) is 12.7. The molecule has 140 valence electrons. The molecule has 0 saturated heterocycles. The third-order valence-corrected chi connectivity index (χ3v) is 4.70. The molecule has 1 fully saturated rings. The van der Waals surface area contributed by atoms with E-state index in [1.807, 2.05) is 31.2 Å². The molecule has 6 nitrogen and oxygen atoms in total. The first-order valence-corrected chi connectivity index (χ1v) is 9.29. The van der Waals surface area contributed by atoms with E-state index in [-0.39, 0.29) is 0 Å². The van der Waals surface area contributed by atoms with Gasteiger partial charge in [0.25, 0.3) is 0 Å². The minimum atomic E-state index is 0.466. The number of rotatable bonds is 6. The SMILES string of the molecule is COc1ccc(Nc2cc(C)nc(NC3CCCCCC3)n2)cc1OC. The Balaban J connectivity index is 1.75. The molecule has 0 radical (unpaired) electrons. The number of aromatic nitrogens is 2. The smallest absolute Gasteiger partial charge is 0.225 e. The van der Waals surface area contributed by atoms with E-state index < -0.39 is 0 Å². The quantitative estimate of drug-likeness (QED) is 0.733. The van der Waals surface area contributed by atoms with Crippen LogP contribution in [0.3, 0.4) is 0 Å². The van der Waals surface area contributed by atoms with Crippen LogP contribution in [-0.2, 0) is 0 Å². The number of nitrogens with one attached hydrogen (secondary N) is 2. The van der Waals surface area contributed by atoms with E-state index in [0.29, 0.717) is 23.5 Å². The van der Waals surface area contributed by atoms with Gasteiger partial charge in [0.05, 0.1) is 14.2 Å². The van der Waals surface area contributed by atoms with Gasteiger partial charge in [-0.3, -0.25) is 0 Å². The highest BCUT2D eigenvalue weighted by atomic mass is 16.5. The van der Waals surface area contributed by atoms with E-state index in [1.54, 1.807) is 14.2 Å². The van der Waals surface area contributed by atoms with Gasteiger partial charge in [-0.15, -0.1) is 0 Å². The summed E-state index contributed by atoms with van der Waals surface area (Å²) in [7, 11) is 3.26. The van der Waals surface area contributed by atoms with E-state index in [1.165, 1.54) is 38.5 Å². The van der Waals surface area contributed by atoms with Gasteiger partial charge in [-0.2, -0.15) is 4.98 Å². The van der Waals surface area contributed by atoms with Crippen LogP contribution in [0.25, 0.3) is 0 Å². The molecule has 3 rings (SSSR count). The second-order valence-corrected chi connectivity index (χ2v) is 6.75. The van der Waals surface area contributed by atoms with Crippen LogP contribution in [0.15, 0.2) is 24.3 Å². The Morgan fingerprint density at radius 3 is 2.35 bits per heavy atom. The highest BCUT2D eigenvalue weighted by Crippen LogP contribution is 2.31. The average molecular weight is 356 g/mol. The largest absolute Gasteiger partial charge is 0.493 e. The van der Waals surface area contributed by atoms with Crippen molar-refractivity contribution in [3.8, 4) is 11.5 Å². The molecule has 1 aromatic heterocycles. The first kappa shape index (κ1) is 18.3. The van der Waals surface area contributed by atoms with Crippen molar-refractivity contribution in [2.45, 2.75) is 51.5 Å². The number of benzene rings is 1. The molecule has 26 heavy (non-hydrogen) atoms.